The van der Waals surface area contributed by atoms with Crippen molar-refractivity contribution in [3.8, 4) is 0 Å². The molecule has 1 aromatic rings. The van der Waals surface area contributed by atoms with Gasteiger partial charge in [-0.2, -0.15) is 0 Å². The molecule has 0 saturated heterocycles. The maximum Gasteiger partial charge on any atom is 0.280 e. The lowest BCUT2D eigenvalue weighted by Gasteiger charge is -2.53. The number of hydrogen-bond donors (Lipinski definition) is 2. The van der Waals surface area contributed by atoms with Gasteiger partial charge in [-0.25, -0.2) is 13.8 Å². The molecule has 0 spiro atoms. The summed E-state index contributed by atoms with van der Waals surface area (Å²) in [6, 6.07) is 8.00. The van der Waals surface area contributed by atoms with Crippen LogP contribution in [0.3, 0.4) is 0 Å². The molecule has 6 heteroatoms. The van der Waals surface area contributed by atoms with Crippen molar-refractivity contribution in [1.29, 1.82) is 5.41 Å². The molecule has 0 unspecified atom stereocenters. The first-order valence-corrected chi connectivity index (χ1v) is 11.9. The van der Waals surface area contributed by atoms with E-state index in [0.29, 0.717) is 29.3 Å². The van der Waals surface area contributed by atoms with E-state index in [4.69, 9.17) is 10.4 Å². The second-order valence-corrected chi connectivity index (χ2v) is 10.3. The van der Waals surface area contributed by atoms with Gasteiger partial charge in [-0.05, 0) is 81.4 Å². The number of aliphatic imine (C=N–C) groups is 2. The van der Waals surface area contributed by atoms with Gasteiger partial charge in [0.15, 0.2) is 0 Å². The molecule has 0 radical (unpaired) electrons. The lowest BCUT2D eigenvalue weighted by atomic mass is 9.52. The van der Waals surface area contributed by atoms with Crippen LogP contribution in [0.2, 0.25) is 0 Å². The summed E-state index contributed by atoms with van der Waals surface area (Å²) in [6.07, 6.45) is 8.83. The largest absolute Gasteiger partial charge is 0.384 e. The van der Waals surface area contributed by atoms with E-state index in [9.17, 15) is 8.78 Å². The predicted molar refractivity (Wildman–Crippen MR) is 126 cm³/mol. The molecule has 6 rings (SSSR count). The molecule has 2 N–H and O–H groups in total. The number of fused-ring (bicyclic) bond motifs is 3. The Bertz CT molecular complexity index is 978. The number of alkyl halides is 2. The van der Waals surface area contributed by atoms with Crippen LogP contribution in [0.15, 0.2) is 46.0 Å². The Balaban J connectivity index is 1.20. The second-order valence-electron chi connectivity index (χ2n) is 10.3. The van der Waals surface area contributed by atoms with E-state index in [-0.39, 0.29) is 11.1 Å². The number of nitrogens with zero attached hydrogens (tertiary/aromatic N) is 2. The maximum atomic E-state index is 12.9. The second kappa shape index (κ2) is 8.20. The van der Waals surface area contributed by atoms with Crippen LogP contribution in [0.1, 0.15) is 70.3 Å². The minimum absolute atomic E-state index is 0.115. The Kier molecular flexibility index (Phi) is 5.50. The van der Waals surface area contributed by atoms with Crippen molar-refractivity contribution in [1.82, 2.24) is 0 Å². The zero-order valence-electron chi connectivity index (χ0n) is 18.8. The molecule has 4 saturated carbocycles. The Morgan fingerprint density at radius 2 is 1.91 bits per heavy atom. The summed E-state index contributed by atoms with van der Waals surface area (Å²) in [5.74, 6) is 1.02. The van der Waals surface area contributed by atoms with Crippen LogP contribution in [-0.2, 0) is 0 Å². The highest BCUT2D eigenvalue weighted by Crippen LogP contribution is 2.57. The Morgan fingerprint density at radius 1 is 1.19 bits per heavy atom. The lowest BCUT2D eigenvalue weighted by Crippen LogP contribution is -2.48. The van der Waals surface area contributed by atoms with Crippen molar-refractivity contribution in [3.63, 3.8) is 0 Å². The van der Waals surface area contributed by atoms with E-state index >= 15 is 0 Å². The molecule has 32 heavy (non-hydrogen) atoms. The first-order valence-electron chi connectivity index (χ1n) is 11.9. The summed E-state index contributed by atoms with van der Waals surface area (Å²) in [5, 5.41) is 11.8. The molecular formula is C26H32F2N4. The first-order chi connectivity index (χ1) is 15.4. The van der Waals surface area contributed by atoms with Gasteiger partial charge in [-0.3, -0.25) is 10.4 Å². The molecule has 4 nitrogen and oxygen atoms in total. The Labute approximate surface area is 188 Å². The molecule has 170 valence electrons. The topological polar surface area (TPSA) is 60.6 Å². The van der Waals surface area contributed by atoms with Crippen molar-refractivity contribution in [3.05, 3.63) is 41.6 Å². The zero-order chi connectivity index (χ0) is 22.3. The van der Waals surface area contributed by atoms with Gasteiger partial charge in [0.25, 0.3) is 6.43 Å². The van der Waals surface area contributed by atoms with Crippen LogP contribution >= 0.6 is 0 Å². The number of nitrogens with one attached hydrogen (secondary N) is 2. The Hall–Kier alpha value is -2.37. The normalized spacial score (nSPS) is 29.8. The first kappa shape index (κ1) is 21.5. The maximum absolute atomic E-state index is 12.9. The van der Waals surface area contributed by atoms with Crippen molar-refractivity contribution in [2.45, 2.75) is 71.1 Å². The quantitative estimate of drug-likeness (QED) is 0.364. The average Bonchev–Trinajstić information content (AvgIpc) is 3.55. The fourth-order valence-electron chi connectivity index (χ4n) is 5.69. The minimum Gasteiger partial charge on any atom is -0.384 e. The smallest absolute Gasteiger partial charge is 0.280 e. The van der Waals surface area contributed by atoms with Gasteiger partial charge in [0.2, 0.25) is 0 Å². The van der Waals surface area contributed by atoms with Crippen LogP contribution in [0.5, 0.6) is 0 Å². The van der Waals surface area contributed by atoms with Crippen LogP contribution in [0.4, 0.5) is 14.5 Å². The van der Waals surface area contributed by atoms with Gasteiger partial charge in [0.05, 0.1) is 5.71 Å². The summed E-state index contributed by atoms with van der Waals surface area (Å²) in [5.41, 5.74) is 4.26. The fourth-order valence-corrected chi connectivity index (χ4v) is 5.69. The number of allylic oxidation sites excluding steroid dienone is 2. The molecular weight excluding hydrogens is 406 g/mol. The molecule has 5 aliphatic rings. The standard InChI is InChI=1S/C26H32F2N4/c1-17(31-24(29)18-5-6-18)26-12-9-25(10-13-26,11-14-26)16-30-20-4-2-3-19(15-20)21-7-8-22(32-21)23(27)28/h2-4,8,15,18,23,29-30H,5-7,9-14,16H2,1H3. The number of hydrogen-bond acceptors (Lipinski definition) is 3. The highest BCUT2D eigenvalue weighted by Gasteiger charge is 2.50. The molecule has 1 aliphatic heterocycles. The third kappa shape index (κ3) is 4.16. The molecule has 0 aromatic heterocycles. The van der Waals surface area contributed by atoms with Gasteiger partial charge in [0, 0.05) is 35.7 Å². The van der Waals surface area contributed by atoms with Crippen LogP contribution in [-0.4, -0.2) is 30.2 Å². The third-order valence-electron chi connectivity index (χ3n) is 8.28. The van der Waals surface area contributed by atoms with Gasteiger partial charge in [0.1, 0.15) is 11.5 Å². The average molecular weight is 439 g/mol. The molecule has 1 aromatic carbocycles. The number of amidine groups is 1. The summed E-state index contributed by atoms with van der Waals surface area (Å²) >= 11 is 0. The summed E-state index contributed by atoms with van der Waals surface area (Å²) in [7, 11) is 0. The SMILES string of the molecule is CC(=NC(=N)C1CC1)C12CCC(CNc3cccc(C4=NC(C(F)F)=CC4)c3)(CC1)CC2. The van der Waals surface area contributed by atoms with Gasteiger partial charge in [-0.1, -0.05) is 18.2 Å². The van der Waals surface area contributed by atoms with E-state index in [1.165, 1.54) is 50.3 Å². The molecule has 2 bridgehead atoms. The highest BCUT2D eigenvalue weighted by molar-refractivity contribution is 6.04. The molecule has 4 fully saturated rings. The zero-order valence-corrected chi connectivity index (χ0v) is 18.8. The monoisotopic (exact) mass is 438 g/mol. The number of anilines is 1. The number of rotatable bonds is 7. The third-order valence-corrected chi connectivity index (χ3v) is 8.28. The van der Waals surface area contributed by atoms with Crippen molar-refractivity contribution in [2.24, 2.45) is 26.7 Å². The van der Waals surface area contributed by atoms with Gasteiger partial charge in [-0.15, -0.1) is 0 Å². The highest BCUT2D eigenvalue weighted by atomic mass is 19.3. The van der Waals surface area contributed by atoms with E-state index in [2.05, 4.69) is 17.2 Å². The van der Waals surface area contributed by atoms with Crippen LogP contribution < -0.4 is 5.32 Å². The van der Waals surface area contributed by atoms with E-state index in [0.717, 1.165) is 30.6 Å². The molecule has 0 amide bonds. The van der Waals surface area contributed by atoms with E-state index in [1.807, 2.05) is 24.3 Å². The number of halogens is 2. The summed E-state index contributed by atoms with van der Waals surface area (Å²) in [4.78, 5) is 8.85. The van der Waals surface area contributed by atoms with E-state index < -0.39 is 6.43 Å². The van der Waals surface area contributed by atoms with E-state index in [1.54, 1.807) is 0 Å². The lowest BCUT2D eigenvalue weighted by molar-refractivity contribution is 0.0435. The molecule has 1 heterocycles. The predicted octanol–water partition coefficient (Wildman–Crippen LogP) is 6.63. The molecule has 0 atom stereocenters. The molecule has 4 aliphatic carbocycles. The summed E-state index contributed by atoms with van der Waals surface area (Å²) in [6.45, 7) is 3.09. The van der Waals surface area contributed by atoms with Gasteiger partial charge >= 0.3 is 0 Å². The minimum atomic E-state index is -2.51. The Morgan fingerprint density at radius 3 is 2.53 bits per heavy atom. The van der Waals surface area contributed by atoms with Crippen molar-refractivity contribution >= 4 is 22.9 Å². The van der Waals surface area contributed by atoms with Crippen molar-refractivity contribution in [2.75, 3.05) is 11.9 Å². The van der Waals surface area contributed by atoms with Crippen LogP contribution in [0, 0.1) is 22.2 Å². The van der Waals surface area contributed by atoms with Gasteiger partial charge < -0.3 is 5.32 Å². The summed E-state index contributed by atoms with van der Waals surface area (Å²) < 4.78 is 25.8. The number of benzene rings is 1. The fraction of sp³-hybridized carbons (Fsp3) is 0.577. The van der Waals surface area contributed by atoms with Crippen molar-refractivity contribution < 1.29 is 8.78 Å². The van der Waals surface area contributed by atoms with Crippen LogP contribution in [0.25, 0.3) is 0 Å².